The second-order valence-electron chi connectivity index (χ2n) is 4.64. The van der Waals surface area contributed by atoms with Gasteiger partial charge in [0, 0.05) is 12.2 Å². The van der Waals surface area contributed by atoms with Gasteiger partial charge >= 0.3 is 24.2 Å². The van der Waals surface area contributed by atoms with E-state index < -0.39 is 54.0 Å². The predicted molar refractivity (Wildman–Crippen MR) is 63.8 cm³/mol. The summed E-state index contributed by atoms with van der Waals surface area (Å²) in [6.07, 6.45) is -14.3. The normalized spacial score (nSPS) is 16.3. The largest absolute Gasteiger partial charge is 0.468 e. The molecule has 1 unspecified atom stereocenters. The predicted octanol–water partition coefficient (Wildman–Crippen LogP) is 4.58. The lowest BCUT2D eigenvalue weighted by Crippen LogP contribution is -2.41. The van der Waals surface area contributed by atoms with Crippen molar-refractivity contribution in [3.8, 4) is 0 Å². The minimum Gasteiger partial charge on any atom is -0.468 e. The van der Waals surface area contributed by atoms with Crippen LogP contribution in [-0.2, 0) is 9.53 Å². The Morgan fingerprint density at radius 2 is 1.45 bits per heavy atom. The summed E-state index contributed by atoms with van der Waals surface area (Å²) in [5.74, 6) is -6.85. The van der Waals surface area contributed by atoms with E-state index in [4.69, 9.17) is 0 Å². The van der Waals surface area contributed by atoms with Gasteiger partial charge in [0.05, 0.1) is 13.5 Å². The zero-order valence-electron chi connectivity index (χ0n) is 11.6. The van der Waals surface area contributed by atoms with E-state index in [1.54, 1.807) is 0 Å². The Labute approximate surface area is 125 Å². The summed E-state index contributed by atoms with van der Waals surface area (Å²) >= 11 is 0.340. The minimum absolute atomic E-state index is 0.340. The first kappa shape index (κ1) is 21.3. The number of alkyl halides is 8. The van der Waals surface area contributed by atoms with Crippen LogP contribution in [0.25, 0.3) is 0 Å². The maximum atomic E-state index is 12.9. The molecule has 0 aromatic rings. The molecule has 0 N–H and O–H groups in total. The van der Waals surface area contributed by atoms with Crippen LogP contribution >= 0.6 is 11.8 Å². The molecule has 0 saturated heterocycles. The van der Waals surface area contributed by atoms with E-state index >= 15 is 0 Å². The molecule has 0 aliphatic heterocycles. The fraction of sp³-hybridized carbons (Fsp3) is 0.909. The van der Waals surface area contributed by atoms with Gasteiger partial charge in [0.1, 0.15) is 4.75 Å². The van der Waals surface area contributed by atoms with Crippen LogP contribution in [0.4, 0.5) is 35.1 Å². The fourth-order valence-electron chi connectivity index (χ4n) is 1.38. The lowest BCUT2D eigenvalue weighted by Gasteiger charge is -2.29. The van der Waals surface area contributed by atoms with Gasteiger partial charge in [-0.3, -0.25) is 4.79 Å². The maximum absolute atomic E-state index is 12.9. The first-order chi connectivity index (χ1) is 9.65. The Hall–Kier alpha value is -0.740. The van der Waals surface area contributed by atoms with Crippen LogP contribution in [0, 0.1) is 0 Å². The Bertz CT molecular complexity index is 379. The Morgan fingerprint density at radius 1 is 0.955 bits per heavy atom. The fourth-order valence-corrected chi connectivity index (χ4v) is 2.61. The van der Waals surface area contributed by atoms with E-state index in [1.165, 1.54) is 0 Å². The molecule has 0 amide bonds. The van der Waals surface area contributed by atoms with Crippen LogP contribution in [0.3, 0.4) is 0 Å². The lowest BCUT2D eigenvalue weighted by molar-refractivity contribution is -0.284. The number of rotatable bonds is 7. The highest BCUT2D eigenvalue weighted by Crippen LogP contribution is 2.43. The van der Waals surface area contributed by atoms with E-state index in [2.05, 4.69) is 4.74 Å². The van der Waals surface area contributed by atoms with Gasteiger partial charge in [0.25, 0.3) is 0 Å². The van der Waals surface area contributed by atoms with Crippen molar-refractivity contribution in [1.82, 2.24) is 0 Å². The third kappa shape index (κ3) is 6.57. The number of methoxy groups -OCH3 is 1. The molecule has 0 rings (SSSR count). The van der Waals surface area contributed by atoms with Crippen molar-refractivity contribution in [2.45, 2.75) is 49.2 Å². The zero-order chi connectivity index (χ0) is 17.8. The summed E-state index contributed by atoms with van der Waals surface area (Å²) in [6, 6.07) is 0. The van der Waals surface area contributed by atoms with Gasteiger partial charge in [-0.05, 0) is 13.3 Å². The average Bonchev–Trinajstić information content (AvgIpc) is 2.32. The van der Waals surface area contributed by atoms with Crippen molar-refractivity contribution < 1.29 is 44.7 Å². The maximum Gasteiger partial charge on any atom is 0.453 e. The summed E-state index contributed by atoms with van der Waals surface area (Å²) in [4.78, 5) is 11.5. The van der Waals surface area contributed by atoms with Crippen LogP contribution in [0.5, 0.6) is 0 Å². The van der Waals surface area contributed by atoms with Gasteiger partial charge in [-0.2, -0.15) is 35.1 Å². The highest BCUT2D eigenvalue weighted by molar-refractivity contribution is 8.01. The van der Waals surface area contributed by atoms with Crippen LogP contribution < -0.4 is 0 Å². The molecule has 2 nitrogen and oxygen atoms in total. The second kappa shape index (κ2) is 7.22. The lowest BCUT2D eigenvalue weighted by atomic mass is 10.0. The molecule has 11 heteroatoms. The molecule has 22 heavy (non-hydrogen) atoms. The van der Waals surface area contributed by atoms with Gasteiger partial charge in [0.2, 0.25) is 0 Å². The molecule has 0 radical (unpaired) electrons. The molecule has 0 spiro atoms. The van der Waals surface area contributed by atoms with Crippen LogP contribution in [-0.4, -0.2) is 41.9 Å². The number of halogens is 8. The van der Waals surface area contributed by atoms with Gasteiger partial charge in [-0.25, -0.2) is 0 Å². The van der Waals surface area contributed by atoms with Crippen molar-refractivity contribution >= 4 is 17.7 Å². The molecule has 0 heterocycles. The summed E-state index contributed by atoms with van der Waals surface area (Å²) in [7, 11) is 0.868. The average molecular weight is 362 g/mol. The summed E-state index contributed by atoms with van der Waals surface area (Å²) in [5, 5.41) is 0. The molecule has 0 saturated carbocycles. The summed E-state index contributed by atoms with van der Waals surface area (Å²) in [6.45, 7) is 0.979. The standard InChI is InChI=1S/C11H14F8O2S/c1-8(7(20)21-2,22-6-5-10(14,15)16)3-4-9(12,13)11(17,18)19/h3-6H2,1-2H3. The molecule has 132 valence electrons. The number of ether oxygens (including phenoxy) is 1. The topological polar surface area (TPSA) is 26.3 Å². The quantitative estimate of drug-likeness (QED) is 0.490. The summed E-state index contributed by atoms with van der Waals surface area (Å²) in [5.41, 5.74) is 0. The van der Waals surface area contributed by atoms with Crippen molar-refractivity contribution in [3.05, 3.63) is 0 Å². The van der Waals surface area contributed by atoms with Gasteiger partial charge < -0.3 is 4.74 Å². The zero-order valence-corrected chi connectivity index (χ0v) is 12.4. The van der Waals surface area contributed by atoms with Crippen molar-refractivity contribution in [2.75, 3.05) is 12.9 Å². The second-order valence-corrected chi connectivity index (χ2v) is 6.24. The minimum atomic E-state index is -5.79. The number of carbonyl (C=O) groups excluding carboxylic acids is 1. The van der Waals surface area contributed by atoms with Crippen molar-refractivity contribution in [1.29, 1.82) is 0 Å². The number of hydrogen-bond acceptors (Lipinski definition) is 3. The van der Waals surface area contributed by atoms with Crippen molar-refractivity contribution in [2.24, 2.45) is 0 Å². The molecule has 0 aromatic carbocycles. The number of thioether (sulfide) groups is 1. The Kier molecular flexibility index (Phi) is 6.98. The van der Waals surface area contributed by atoms with E-state index in [0.717, 1.165) is 14.0 Å². The van der Waals surface area contributed by atoms with Crippen LogP contribution in [0.2, 0.25) is 0 Å². The highest BCUT2D eigenvalue weighted by Gasteiger charge is 2.57. The Balaban J connectivity index is 4.88. The molecule has 0 aliphatic carbocycles. The van der Waals surface area contributed by atoms with Gasteiger partial charge in [0.15, 0.2) is 0 Å². The molecule has 1 atom stereocenters. The SMILES string of the molecule is COC(=O)C(C)(CCC(F)(F)C(F)(F)F)SCCC(F)(F)F. The first-order valence-electron chi connectivity index (χ1n) is 5.88. The Morgan fingerprint density at radius 3 is 1.82 bits per heavy atom. The molecule has 0 fully saturated rings. The molecule has 0 aliphatic rings. The molecule has 0 aromatic heterocycles. The monoisotopic (exact) mass is 362 g/mol. The number of esters is 1. The number of carbonyl (C=O) groups is 1. The van der Waals surface area contributed by atoms with E-state index in [9.17, 15) is 39.9 Å². The van der Waals surface area contributed by atoms with Crippen LogP contribution in [0.1, 0.15) is 26.2 Å². The number of hydrogen-bond donors (Lipinski definition) is 0. The third-order valence-corrected chi connectivity index (χ3v) is 4.17. The third-order valence-electron chi connectivity index (χ3n) is 2.75. The molecular weight excluding hydrogens is 348 g/mol. The van der Waals surface area contributed by atoms with E-state index in [-0.39, 0.29) is 0 Å². The molecule has 0 bridgehead atoms. The van der Waals surface area contributed by atoms with Gasteiger partial charge in [-0.15, -0.1) is 11.8 Å². The molecular formula is C11H14F8O2S. The van der Waals surface area contributed by atoms with E-state index in [1.807, 2.05) is 0 Å². The summed E-state index contributed by atoms with van der Waals surface area (Å²) < 4.78 is 100. The van der Waals surface area contributed by atoms with Crippen molar-refractivity contribution in [3.63, 3.8) is 0 Å². The van der Waals surface area contributed by atoms with E-state index in [0.29, 0.717) is 11.8 Å². The van der Waals surface area contributed by atoms with Crippen LogP contribution in [0.15, 0.2) is 0 Å². The van der Waals surface area contributed by atoms with Gasteiger partial charge in [-0.1, -0.05) is 0 Å². The highest BCUT2D eigenvalue weighted by atomic mass is 32.2. The first-order valence-corrected chi connectivity index (χ1v) is 6.87. The smallest absolute Gasteiger partial charge is 0.453 e.